The maximum Gasteiger partial charge on any atom is 0.416 e. The zero-order valence-corrected chi connectivity index (χ0v) is 9.74. The number of hydrogen-bond donors (Lipinski definition) is 0. The fraction of sp³-hybridized carbons (Fsp3) is 0.0667. The molecule has 4 heteroatoms. The molecule has 0 aliphatic heterocycles. The van der Waals surface area contributed by atoms with Crippen molar-refractivity contribution < 1.29 is 17.6 Å². The first-order valence-electron chi connectivity index (χ1n) is 5.69. The van der Waals surface area contributed by atoms with E-state index >= 15 is 0 Å². The predicted molar refractivity (Wildman–Crippen MR) is 66.7 cm³/mol. The molecule has 0 unspecified atom stereocenters. The average Bonchev–Trinajstić information content (AvgIpc) is 2.81. The molecule has 0 saturated heterocycles. The summed E-state index contributed by atoms with van der Waals surface area (Å²) >= 11 is 0. The lowest BCUT2D eigenvalue weighted by molar-refractivity contribution is -0.137. The Bertz CT molecular complexity index is 711. The number of halogens is 3. The van der Waals surface area contributed by atoms with Crippen LogP contribution in [0.15, 0.2) is 59.2 Å². The molecule has 1 heterocycles. The maximum absolute atomic E-state index is 12.7. The standard InChI is InChI=1S/C15H9F3O/c16-15(17,18)11-6-7-14-12(8-11)13(9-19-14)10-4-2-1-3-5-10/h1-9H. The van der Waals surface area contributed by atoms with Crippen molar-refractivity contribution in [2.75, 3.05) is 0 Å². The van der Waals surface area contributed by atoms with Crippen LogP contribution in [0.4, 0.5) is 13.2 Å². The number of furan rings is 1. The van der Waals surface area contributed by atoms with Crippen LogP contribution in [-0.2, 0) is 6.18 Å². The smallest absolute Gasteiger partial charge is 0.416 e. The van der Waals surface area contributed by atoms with Crippen LogP contribution in [-0.4, -0.2) is 0 Å². The summed E-state index contributed by atoms with van der Waals surface area (Å²) in [5.74, 6) is 0. The van der Waals surface area contributed by atoms with E-state index in [9.17, 15) is 13.2 Å². The summed E-state index contributed by atoms with van der Waals surface area (Å²) in [6.07, 6.45) is -2.86. The van der Waals surface area contributed by atoms with Gasteiger partial charge in [0.05, 0.1) is 11.8 Å². The van der Waals surface area contributed by atoms with E-state index < -0.39 is 11.7 Å². The first-order chi connectivity index (χ1) is 9.05. The monoisotopic (exact) mass is 262 g/mol. The van der Waals surface area contributed by atoms with E-state index in [0.29, 0.717) is 16.5 Å². The van der Waals surface area contributed by atoms with E-state index in [2.05, 4.69) is 0 Å². The molecule has 96 valence electrons. The third kappa shape index (κ3) is 2.10. The lowest BCUT2D eigenvalue weighted by Crippen LogP contribution is -2.03. The highest BCUT2D eigenvalue weighted by Gasteiger charge is 2.31. The molecule has 0 N–H and O–H groups in total. The Balaban J connectivity index is 2.22. The fourth-order valence-corrected chi connectivity index (χ4v) is 2.05. The maximum atomic E-state index is 12.7. The largest absolute Gasteiger partial charge is 0.464 e. The molecule has 0 atom stereocenters. The number of alkyl halides is 3. The molecule has 19 heavy (non-hydrogen) atoms. The van der Waals surface area contributed by atoms with Crippen molar-refractivity contribution in [3.05, 3.63) is 60.4 Å². The van der Waals surface area contributed by atoms with Crippen molar-refractivity contribution in [1.29, 1.82) is 0 Å². The van der Waals surface area contributed by atoms with Crippen LogP contribution >= 0.6 is 0 Å². The molecule has 0 radical (unpaired) electrons. The topological polar surface area (TPSA) is 13.1 Å². The predicted octanol–water partition coefficient (Wildman–Crippen LogP) is 5.12. The van der Waals surface area contributed by atoms with E-state index in [4.69, 9.17) is 4.42 Å². The van der Waals surface area contributed by atoms with Crippen molar-refractivity contribution in [3.63, 3.8) is 0 Å². The molecule has 2 aromatic carbocycles. The molecule has 0 aliphatic carbocycles. The highest BCUT2D eigenvalue weighted by molar-refractivity contribution is 5.94. The van der Waals surface area contributed by atoms with Crippen LogP contribution in [0, 0.1) is 0 Å². The van der Waals surface area contributed by atoms with Crippen LogP contribution in [0.2, 0.25) is 0 Å². The van der Waals surface area contributed by atoms with Crippen molar-refractivity contribution in [1.82, 2.24) is 0 Å². The van der Waals surface area contributed by atoms with Gasteiger partial charge in [-0.15, -0.1) is 0 Å². The minimum absolute atomic E-state index is 0.451. The summed E-state index contributed by atoms with van der Waals surface area (Å²) in [6, 6.07) is 12.7. The molecule has 0 fully saturated rings. The summed E-state index contributed by atoms with van der Waals surface area (Å²) in [7, 11) is 0. The number of benzene rings is 2. The van der Waals surface area contributed by atoms with Crippen LogP contribution in [0.1, 0.15) is 5.56 Å². The Morgan fingerprint density at radius 3 is 2.32 bits per heavy atom. The zero-order valence-electron chi connectivity index (χ0n) is 9.74. The van der Waals surface area contributed by atoms with E-state index in [0.717, 1.165) is 17.7 Å². The van der Waals surface area contributed by atoms with Crippen LogP contribution in [0.5, 0.6) is 0 Å². The Labute approximate surface area is 107 Å². The summed E-state index contributed by atoms with van der Waals surface area (Å²) < 4.78 is 43.5. The lowest BCUT2D eigenvalue weighted by atomic mass is 10.0. The quantitative estimate of drug-likeness (QED) is 0.593. The summed E-state index contributed by atoms with van der Waals surface area (Å²) in [4.78, 5) is 0. The van der Waals surface area contributed by atoms with Gasteiger partial charge in [0.2, 0.25) is 0 Å². The van der Waals surface area contributed by atoms with Gasteiger partial charge in [0, 0.05) is 10.9 Å². The van der Waals surface area contributed by atoms with Gasteiger partial charge in [-0.3, -0.25) is 0 Å². The number of fused-ring (bicyclic) bond motifs is 1. The van der Waals surface area contributed by atoms with Gasteiger partial charge in [-0.05, 0) is 23.8 Å². The first-order valence-corrected chi connectivity index (χ1v) is 5.69. The third-order valence-electron chi connectivity index (χ3n) is 2.99. The normalized spacial score (nSPS) is 11.9. The van der Waals surface area contributed by atoms with Gasteiger partial charge in [-0.1, -0.05) is 30.3 Å². The number of rotatable bonds is 1. The van der Waals surface area contributed by atoms with Gasteiger partial charge in [-0.2, -0.15) is 13.2 Å². The van der Waals surface area contributed by atoms with Crippen LogP contribution < -0.4 is 0 Å². The molecule has 1 aromatic heterocycles. The summed E-state index contributed by atoms with van der Waals surface area (Å²) in [5.41, 5.74) is 1.28. The minimum atomic E-state index is -4.35. The molecule has 0 spiro atoms. The lowest BCUT2D eigenvalue weighted by Gasteiger charge is -2.06. The molecular weight excluding hydrogens is 253 g/mol. The van der Waals surface area contributed by atoms with Crippen LogP contribution in [0.3, 0.4) is 0 Å². The fourth-order valence-electron chi connectivity index (χ4n) is 2.05. The Kier molecular flexibility index (Phi) is 2.59. The molecule has 1 nitrogen and oxygen atoms in total. The van der Waals surface area contributed by atoms with Gasteiger partial charge >= 0.3 is 6.18 Å². The highest BCUT2D eigenvalue weighted by atomic mass is 19.4. The number of hydrogen-bond acceptors (Lipinski definition) is 1. The molecule has 0 aliphatic rings. The first kappa shape index (κ1) is 11.8. The van der Waals surface area contributed by atoms with E-state index in [-0.39, 0.29) is 0 Å². The second kappa shape index (κ2) is 4.16. The molecule has 3 rings (SSSR count). The van der Waals surface area contributed by atoms with E-state index in [1.54, 1.807) is 0 Å². The van der Waals surface area contributed by atoms with Gasteiger partial charge in [-0.25, -0.2) is 0 Å². The van der Waals surface area contributed by atoms with Gasteiger partial charge in [0.15, 0.2) is 0 Å². The second-order valence-electron chi connectivity index (χ2n) is 4.22. The molecule has 0 amide bonds. The highest BCUT2D eigenvalue weighted by Crippen LogP contribution is 2.36. The van der Waals surface area contributed by atoms with Crippen molar-refractivity contribution in [2.45, 2.75) is 6.18 Å². The molecule has 0 bridgehead atoms. The SMILES string of the molecule is FC(F)(F)c1ccc2occ(-c3ccccc3)c2c1. The van der Waals surface area contributed by atoms with Gasteiger partial charge in [0.25, 0.3) is 0 Å². The van der Waals surface area contributed by atoms with Crippen LogP contribution in [0.25, 0.3) is 22.1 Å². The summed E-state index contributed by atoms with van der Waals surface area (Å²) in [6.45, 7) is 0. The third-order valence-corrected chi connectivity index (χ3v) is 2.99. The van der Waals surface area contributed by atoms with E-state index in [1.165, 1.54) is 12.3 Å². The molecule has 3 aromatic rings. The zero-order chi connectivity index (χ0) is 13.5. The van der Waals surface area contributed by atoms with Gasteiger partial charge < -0.3 is 4.42 Å². The van der Waals surface area contributed by atoms with Crippen molar-refractivity contribution in [3.8, 4) is 11.1 Å². The molecule has 0 saturated carbocycles. The van der Waals surface area contributed by atoms with Gasteiger partial charge in [0.1, 0.15) is 5.58 Å². The second-order valence-corrected chi connectivity index (χ2v) is 4.22. The van der Waals surface area contributed by atoms with Crippen molar-refractivity contribution >= 4 is 11.0 Å². The Morgan fingerprint density at radius 2 is 1.63 bits per heavy atom. The average molecular weight is 262 g/mol. The Hall–Kier alpha value is -2.23. The van der Waals surface area contributed by atoms with Crippen molar-refractivity contribution in [2.24, 2.45) is 0 Å². The summed E-state index contributed by atoms with van der Waals surface area (Å²) in [5, 5.41) is 0.473. The van der Waals surface area contributed by atoms with E-state index in [1.807, 2.05) is 30.3 Å². The Morgan fingerprint density at radius 1 is 0.895 bits per heavy atom. The molecular formula is C15H9F3O. The minimum Gasteiger partial charge on any atom is -0.464 e.